The Bertz CT molecular complexity index is 762. The lowest BCUT2D eigenvalue weighted by molar-refractivity contribution is 0.238. The summed E-state index contributed by atoms with van der Waals surface area (Å²) in [5.74, 6) is 1.45. The predicted octanol–water partition coefficient (Wildman–Crippen LogP) is 2.50. The molecule has 2 aliphatic rings. The van der Waals surface area contributed by atoms with Crippen LogP contribution in [0.25, 0.3) is 10.9 Å². The highest BCUT2D eigenvalue weighted by Crippen LogP contribution is 2.30. The maximum absolute atomic E-state index is 6.04. The molecular weight excluding hydrogens is 350 g/mol. The van der Waals surface area contributed by atoms with Gasteiger partial charge in [0.25, 0.3) is 0 Å². The maximum atomic E-state index is 6.04. The summed E-state index contributed by atoms with van der Waals surface area (Å²) >= 11 is 0. The van der Waals surface area contributed by atoms with Gasteiger partial charge in [-0.25, -0.2) is 9.97 Å². The molecule has 0 atom stereocenters. The highest BCUT2D eigenvalue weighted by atomic mass is 16.5. The first-order chi connectivity index (χ1) is 13.8. The maximum Gasteiger partial charge on any atom is 0.121 e. The van der Waals surface area contributed by atoms with Crippen LogP contribution in [-0.4, -0.2) is 79.2 Å². The summed E-state index contributed by atoms with van der Waals surface area (Å²) < 4.78 is 6.04. The van der Waals surface area contributed by atoms with Gasteiger partial charge in [-0.1, -0.05) is 0 Å². The second kappa shape index (κ2) is 9.63. The molecule has 0 saturated carbocycles. The van der Waals surface area contributed by atoms with Gasteiger partial charge in [0.2, 0.25) is 0 Å². The normalized spacial score (nSPS) is 20.3. The van der Waals surface area contributed by atoms with Crippen molar-refractivity contribution >= 4 is 10.9 Å². The third kappa shape index (κ3) is 4.99. The lowest BCUT2D eigenvalue weighted by atomic mass is 9.92. The number of likely N-dealkylation sites (N-methyl/N-ethyl adjacent to an activating group) is 1. The Hall–Kier alpha value is -1.76. The Morgan fingerprint density at radius 3 is 2.89 bits per heavy atom. The zero-order valence-electron chi connectivity index (χ0n) is 17.1. The van der Waals surface area contributed by atoms with Crippen molar-refractivity contribution in [2.45, 2.75) is 31.6 Å². The van der Waals surface area contributed by atoms with Crippen LogP contribution < -0.4 is 10.1 Å². The van der Waals surface area contributed by atoms with Crippen LogP contribution in [0.4, 0.5) is 0 Å². The first kappa shape index (κ1) is 19.6. The van der Waals surface area contributed by atoms with Gasteiger partial charge in [-0.15, -0.1) is 0 Å². The van der Waals surface area contributed by atoms with Gasteiger partial charge in [0.05, 0.1) is 17.8 Å². The van der Waals surface area contributed by atoms with Crippen molar-refractivity contribution in [3.8, 4) is 5.75 Å². The number of ether oxygens (including phenoxy) is 1. The van der Waals surface area contributed by atoms with Gasteiger partial charge < -0.3 is 19.9 Å². The summed E-state index contributed by atoms with van der Waals surface area (Å²) in [6.45, 7) is 8.78. The predicted molar refractivity (Wildman–Crippen MR) is 113 cm³/mol. The van der Waals surface area contributed by atoms with E-state index in [1.807, 2.05) is 0 Å². The lowest BCUT2D eigenvalue weighted by Gasteiger charge is -2.23. The molecule has 0 bridgehead atoms. The van der Waals surface area contributed by atoms with E-state index >= 15 is 0 Å². The van der Waals surface area contributed by atoms with Gasteiger partial charge >= 0.3 is 0 Å². The van der Waals surface area contributed by atoms with Crippen molar-refractivity contribution in [3.05, 3.63) is 30.2 Å². The first-order valence-corrected chi connectivity index (χ1v) is 10.8. The van der Waals surface area contributed by atoms with Gasteiger partial charge in [-0.3, -0.25) is 0 Å². The molecule has 2 saturated heterocycles. The van der Waals surface area contributed by atoms with Gasteiger partial charge in [0.15, 0.2) is 0 Å². The molecule has 28 heavy (non-hydrogen) atoms. The molecule has 0 radical (unpaired) electrons. The van der Waals surface area contributed by atoms with Crippen molar-refractivity contribution in [2.75, 3.05) is 59.5 Å². The van der Waals surface area contributed by atoms with E-state index in [9.17, 15) is 0 Å². The average Bonchev–Trinajstić information content (AvgIpc) is 2.95. The molecule has 4 rings (SSSR count). The molecule has 0 spiro atoms. The van der Waals surface area contributed by atoms with Gasteiger partial charge in [0.1, 0.15) is 12.1 Å². The fraction of sp³-hybridized carbons (Fsp3) is 0.636. The van der Waals surface area contributed by atoms with Crippen molar-refractivity contribution in [2.24, 2.45) is 0 Å². The third-order valence-electron chi connectivity index (χ3n) is 6.06. The molecule has 6 nitrogen and oxygen atoms in total. The number of aromatic nitrogens is 2. The van der Waals surface area contributed by atoms with E-state index in [4.69, 9.17) is 4.74 Å². The molecular formula is C22H33N5O. The fourth-order valence-corrected chi connectivity index (χ4v) is 4.37. The number of benzene rings is 1. The second-order valence-electron chi connectivity index (χ2n) is 8.16. The van der Waals surface area contributed by atoms with Gasteiger partial charge in [0, 0.05) is 37.0 Å². The molecule has 2 aliphatic heterocycles. The summed E-state index contributed by atoms with van der Waals surface area (Å²) in [4.78, 5) is 14.1. The smallest absolute Gasteiger partial charge is 0.121 e. The zero-order valence-corrected chi connectivity index (χ0v) is 17.1. The summed E-state index contributed by atoms with van der Waals surface area (Å²) in [6.07, 6.45) is 6.33. The Morgan fingerprint density at radius 2 is 2.00 bits per heavy atom. The number of fused-ring (bicyclic) bond motifs is 1. The Morgan fingerprint density at radius 1 is 1.11 bits per heavy atom. The molecule has 0 aliphatic carbocycles. The van der Waals surface area contributed by atoms with Crippen LogP contribution in [0.15, 0.2) is 24.5 Å². The number of nitrogens with zero attached hydrogens (tertiary/aromatic N) is 4. The van der Waals surface area contributed by atoms with Crippen molar-refractivity contribution < 1.29 is 4.74 Å². The van der Waals surface area contributed by atoms with Crippen molar-refractivity contribution in [3.63, 3.8) is 0 Å². The largest absolute Gasteiger partial charge is 0.493 e. The van der Waals surface area contributed by atoms with Crippen LogP contribution in [0.1, 0.15) is 37.3 Å². The number of hydrogen-bond donors (Lipinski definition) is 1. The zero-order chi connectivity index (χ0) is 19.2. The summed E-state index contributed by atoms with van der Waals surface area (Å²) in [6, 6.07) is 6.30. The molecule has 2 fully saturated rings. The quantitative estimate of drug-likeness (QED) is 0.774. The number of piperidine rings is 1. The van der Waals surface area contributed by atoms with E-state index in [0.717, 1.165) is 56.8 Å². The van der Waals surface area contributed by atoms with Gasteiger partial charge in [-0.05, 0) is 71.0 Å². The van der Waals surface area contributed by atoms with Crippen molar-refractivity contribution in [1.29, 1.82) is 0 Å². The summed E-state index contributed by atoms with van der Waals surface area (Å²) in [5.41, 5.74) is 2.20. The van der Waals surface area contributed by atoms with E-state index in [0.29, 0.717) is 5.92 Å². The SMILES string of the molecule is CN1CCCN(CCCOc2ccc3c(C4CCNCC4)ncnc3c2)CC1. The van der Waals surface area contributed by atoms with E-state index in [1.165, 1.54) is 43.7 Å². The van der Waals surface area contributed by atoms with Crippen LogP contribution in [-0.2, 0) is 0 Å². The number of rotatable bonds is 6. The van der Waals surface area contributed by atoms with Crippen LogP contribution in [0.2, 0.25) is 0 Å². The monoisotopic (exact) mass is 383 g/mol. The highest BCUT2D eigenvalue weighted by molar-refractivity contribution is 5.82. The van der Waals surface area contributed by atoms with Crippen LogP contribution in [0, 0.1) is 0 Å². The number of hydrogen-bond acceptors (Lipinski definition) is 6. The molecule has 1 N–H and O–H groups in total. The molecule has 3 heterocycles. The van der Waals surface area contributed by atoms with Crippen LogP contribution in [0.5, 0.6) is 5.75 Å². The molecule has 152 valence electrons. The summed E-state index contributed by atoms with van der Waals surface area (Å²) in [7, 11) is 2.21. The fourth-order valence-electron chi connectivity index (χ4n) is 4.37. The highest BCUT2D eigenvalue weighted by Gasteiger charge is 2.19. The Labute approximate surface area is 168 Å². The molecule has 0 amide bonds. The van der Waals surface area contributed by atoms with Crippen LogP contribution >= 0.6 is 0 Å². The third-order valence-corrected chi connectivity index (χ3v) is 6.06. The second-order valence-corrected chi connectivity index (χ2v) is 8.16. The van der Waals surface area contributed by atoms with E-state index in [2.05, 4.69) is 50.3 Å². The lowest BCUT2D eigenvalue weighted by Crippen LogP contribution is -2.30. The van der Waals surface area contributed by atoms with Crippen molar-refractivity contribution in [1.82, 2.24) is 25.1 Å². The molecule has 6 heteroatoms. The van der Waals surface area contributed by atoms with Gasteiger partial charge in [-0.2, -0.15) is 0 Å². The number of nitrogens with one attached hydrogen (secondary N) is 1. The molecule has 1 aromatic heterocycles. The minimum atomic E-state index is 0.534. The van der Waals surface area contributed by atoms with E-state index in [-0.39, 0.29) is 0 Å². The Kier molecular flexibility index (Phi) is 6.73. The van der Waals surface area contributed by atoms with E-state index < -0.39 is 0 Å². The summed E-state index contributed by atoms with van der Waals surface area (Å²) in [5, 5.41) is 4.61. The standard InChI is InChI=1S/C22H33N5O/c1-26-10-2-11-27(14-13-26)12-3-15-28-19-4-5-20-21(16-19)24-17-25-22(20)18-6-8-23-9-7-18/h4-5,16-18,23H,2-3,6-15H2,1H3. The minimum Gasteiger partial charge on any atom is -0.493 e. The van der Waals surface area contributed by atoms with Crippen LogP contribution in [0.3, 0.4) is 0 Å². The first-order valence-electron chi connectivity index (χ1n) is 10.8. The Balaban J connectivity index is 1.32. The topological polar surface area (TPSA) is 53.5 Å². The molecule has 2 aromatic rings. The average molecular weight is 384 g/mol. The molecule has 1 aromatic carbocycles. The molecule has 0 unspecified atom stereocenters. The minimum absolute atomic E-state index is 0.534. The van der Waals surface area contributed by atoms with E-state index in [1.54, 1.807) is 6.33 Å².